The lowest BCUT2D eigenvalue weighted by molar-refractivity contribution is -0.137. The van der Waals surface area contributed by atoms with Gasteiger partial charge < -0.3 is 5.32 Å². The van der Waals surface area contributed by atoms with Crippen molar-refractivity contribution in [3.63, 3.8) is 0 Å². The summed E-state index contributed by atoms with van der Waals surface area (Å²) >= 11 is 0. The van der Waals surface area contributed by atoms with E-state index in [2.05, 4.69) is 11.9 Å². The Labute approximate surface area is 115 Å². The van der Waals surface area contributed by atoms with Crippen LogP contribution in [0.25, 0.3) is 0 Å². The molecule has 5 heteroatoms. The topological polar surface area (TPSA) is 29.1 Å². The Kier molecular flexibility index (Phi) is 3.88. The zero-order valence-electron chi connectivity index (χ0n) is 11.0. The Bertz CT molecular complexity index is 499. The standard InChI is InChI=1S/C15H16F3NO/c1-2-13(20)19-14(9-3-4-10-14)11-5-7-12(8-6-11)15(16,17)18/h2,5-8H,1,3-4,9-10H2,(H,19,20). The third-order valence-electron chi connectivity index (χ3n) is 3.77. The molecule has 108 valence electrons. The van der Waals surface area contributed by atoms with Gasteiger partial charge in [0.25, 0.3) is 0 Å². The number of hydrogen-bond acceptors (Lipinski definition) is 1. The maximum Gasteiger partial charge on any atom is 0.416 e. The molecule has 1 aromatic carbocycles. The van der Waals surface area contributed by atoms with E-state index in [1.54, 1.807) is 0 Å². The SMILES string of the molecule is C=CC(=O)NC1(c2ccc(C(F)(F)F)cc2)CCCC1. The van der Waals surface area contributed by atoms with Crippen molar-refractivity contribution in [1.82, 2.24) is 5.32 Å². The average molecular weight is 283 g/mol. The molecule has 20 heavy (non-hydrogen) atoms. The number of hydrogen-bond donors (Lipinski definition) is 1. The molecule has 0 spiro atoms. The fraction of sp³-hybridized carbons (Fsp3) is 0.400. The zero-order chi connectivity index (χ0) is 14.8. The first-order chi connectivity index (χ1) is 9.37. The monoisotopic (exact) mass is 283 g/mol. The van der Waals surface area contributed by atoms with Crippen LogP contribution in [0.1, 0.15) is 36.8 Å². The fourth-order valence-corrected chi connectivity index (χ4v) is 2.73. The Morgan fingerprint density at radius 3 is 2.20 bits per heavy atom. The summed E-state index contributed by atoms with van der Waals surface area (Å²) < 4.78 is 37.7. The molecule has 1 saturated carbocycles. The van der Waals surface area contributed by atoms with Crippen LogP contribution in [0.5, 0.6) is 0 Å². The molecule has 0 heterocycles. The molecular formula is C15H16F3NO. The third kappa shape index (κ3) is 2.86. The van der Waals surface area contributed by atoms with Crippen molar-refractivity contribution in [2.75, 3.05) is 0 Å². The van der Waals surface area contributed by atoms with Crippen LogP contribution < -0.4 is 5.32 Å². The smallest absolute Gasteiger partial charge is 0.343 e. The zero-order valence-corrected chi connectivity index (χ0v) is 11.0. The Hall–Kier alpha value is -1.78. The minimum absolute atomic E-state index is 0.299. The van der Waals surface area contributed by atoms with Crippen LogP contribution in [0.2, 0.25) is 0 Å². The summed E-state index contributed by atoms with van der Waals surface area (Å²) in [7, 11) is 0. The quantitative estimate of drug-likeness (QED) is 0.840. The van der Waals surface area contributed by atoms with E-state index in [0.29, 0.717) is 0 Å². The number of amides is 1. The highest BCUT2D eigenvalue weighted by Gasteiger charge is 2.37. The van der Waals surface area contributed by atoms with Crippen molar-refractivity contribution >= 4 is 5.91 Å². The van der Waals surface area contributed by atoms with Gasteiger partial charge in [-0.2, -0.15) is 13.2 Å². The molecule has 1 N–H and O–H groups in total. The molecule has 1 aliphatic rings. The predicted octanol–water partition coefficient (Wildman–Crippen LogP) is 3.78. The second kappa shape index (κ2) is 5.31. The van der Waals surface area contributed by atoms with Gasteiger partial charge in [0.05, 0.1) is 11.1 Å². The van der Waals surface area contributed by atoms with Crippen LogP contribution >= 0.6 is 0 Å². The third-order valence-corrected chi connectivity index (χ3v) is 3.77. The first kappa shape index (κ1) is 14.6. The van der Waals surface area contributed by atoms with Crippen LogP contribution in [0, 0.1) is 0 Å². The molecule has 0 saturated heterocycles. The number of benzene rings is 1. The van der Waals surface area contributed by atoms with E-state index in [1.807, 2.05) is 0 Å². The van der Waals surface area contributed by atoms with E-state index in [1.165, 1.54) is 18.2 Å². The molecule has 1 amide bonds. The van der Waals surface area contributed by atoms with Crippen molar-refractivity contribution in [1.29, 1.82) is 0 Å². The van der Waals surface area contributed by atoms with Crippen LogP contribution in [0.15, 0.2) is 36.9 Å². The van der Waals surface area contributed by atoms with Crippen molar-refractivity contribution in [2.24, 2.45) is 0 Å². The number of alkyl halides is 3. The van der Waals surface area contributed by atoms with E-state index < -0.39 is 17.3 Å². The maximum absolute atomic E-state index is 12.6. The molecule has 0 unspecified atom stereocenters. The number of carbonyl (C=O) groups is 1. The molecule has 0 aromatic heterocycles. The van der Waals surface area contributed by atoms with Gasteiger partial charge in [-0.1, -0.05) is 31.6 Å². The molecular weight excluding hydrogens is 267 g/mol. The van der Waals surface area contributed by atoms with Gasteiger partial charge in [-0.3, -0.25) is 4.79 Å². The van der Waals surface area contributed by atoms with Gasteiger partial charge in [-0.15, -0.1) is 0 Å². The largest absolute Gasteiger partial charge is 0.416 e. The van der Waals surface area contributed by atoms with Crippen molar-refractivity contribution in [2.45, 2.75) is 37.4 Å². The van der Waals surface area contributed by atoms with Crippen LogP contribution in [0.3, 0.4) is 0 Å². The van der Waals surface area contributed by atoms with E-state index in [9.17, 15) is 18.0 Å². The minimum atomic E-state index is -4.34. The lowest BCUT2D eigenvalue weighted by Gasteiger charge is -2.30. The molecule has 0 radical (unpaired) electrons. The second-order valence-electron chi connectivity index (χ2n) is 5.06. The van der Waals surface area contributed by atoms with E-state index in [0.717, 1.165) is 43.4 Å². The molecule has 1 aliphatic carbocycles. The van der Waals surface area contributed by atoms with E-state index in [-0.39, 0.29) is 5.91 Å². The van der Waals surface area contributed by atoms with Crippen LogP contribution in [0.4, 0.5) is 13.2 Å². The molecule has 1 aromatic rings. The average Bonchev–Trinajstić information content (AvgIpc) is 2.87. The molecule has 0 atom stereocenters. The highest BCUT2D eigenvalue weighted by atomic mass is 19.4. The summed E-state index contributed by atoms with van der Waals surface area (Å²) in [5, 5.41) is 2.88. The summed E-state index contributed by atoms with van der Waals surface area (Å²) in [5.41, 5.74) is -0.516. The van der Waals surface area contributed by atoms with Gasteiger partial charge in [-0.25, -0.2) is 0 Å². The Balaban J connectivity index is 2.30. The molecule has 2 rings (SSSR count). The summed E-state index contributed by atoms with van der Waals surface area (Å²) in [6, 6.07) is 5.04. The number of carbonyl (C=O) groups excluding carboxylic acids is 1. The van der Waals surface area contributed by atoms with Gasteiger partial charge >= 0.3 is 6.18 Å². The van der Waals surface area contributed by atoms with Gasteiger partial charge in [0.2, 0.25) is 5.91 Å². The van der Waals surface area contributed by atoms with Crippen molar-refractivity contribution in [3.8, 4) is 0 Å². The fourth-order valence-electron chi connectivity index (χ4n) is 2.73. The Morgan fingerprint density at radius 2 is 1.75 bits per heavy atom. The van der Waals surface area contributed by atoms with Crippen molar-refractivity contribution in [3.05, 3.63) is 48.0 Å². The molecule has 1 fully saturated rings. The van der Waals surface area contributed by atoms with Crippen LogP contribution in [-0.2, 0) is 16.5 Å². The lowest BCUT2D eigenvalue weighted by Crippen LogP contribution is -2.43. The summed E-state index contributed by atoms with van der Waals surface area (Å²) in [5.74, 6) is -0.299. The van der Waals surface area contributed by atoms with E-state index >= 15 is 0 Å². The normalized spacial score (nSPS) is 17.8. The van der Waals surface area contributed by atoms with Gasteiger partial charge in [-0.05, 0) is 36.6 Å². The summed E-state index contributed by atoms with van der Waals surface area (Å²) in [4.78, 5) is 11.6. The minimum Gasteiger partial charge on any atom is -0.343 e. The number of halogens is 3. The summed E-state index contributed by atoms with van der Waals surface area (Å²) in [6.45, 7) is 3.41. The van der Waals surface area contributed by atoms with Gasteiger partial charge in [0.15, 0.2) is 0 Å². The summed E-state index contributed by atoms with van der Waals surface area (Å²) in [6.07, 6.45) is 0.197. The molecule has 0 aliphatic heterocycles. The van der Waals surface area contributed by atoms with E-state index in [4.69, 9.17) is 0 Å². The first-order valence-corrected chi connectivity index (χ1v) is 6.50. The Morgan fingerprint density at radius 1 is 1.20 bits per heavy atom. The predicted molar refractivity (Wildman–Crippen MR) is 69.9 cm³/mol. The molecule has 2 nitrogen and oxygen atoms in total. The molecule has 0 bridgehead atoms. The van der Waals surface area contributed by atoms with Crippen LogP contribution in [-0.4, -0.2) is 5.91 Å². The second-order valence-corrected chi connectivity index (χ2v) is 5.06. The number of nitrogens with one attached hydrogen (secondary N) is 1. The highest BCUT2D eigenvalue weighted by molar-refractivity contribution is 5.87. The maximum atomic E-state index is 12.6. The lowest BCUT2D eigenvalue weighted by atomic mass is 9.87. The van der Waals surface area contributed by atoms with Gasteiger partial charge in [0.1, 0.15) is 0 Å². The highest BCUT2D eigenvalue weighted by Crippen LogP contribution is 2.40. The number of rotatable bonds is 3. The first-order valence-electron chi connectivity index (χ1n) is 6.50. The van der Waals surface area contributed by atoms with Gasteiger partial charge in [0, 0.05) is 0 Å². The van der Waals surface area contributed by atoms with Crippen molar-refractivity contribution < 1.29 is 18.0 Å².